The minimum absolute atomic E-state index is 0.0884. The minimum atomic E-state index is -3.37. The van der Waals surface area contributed by atoms with E-state index in [4.69, 9.17) is 23.2 Å². The monoisotopic (exact) mass is 462 g/mol. The van der Waals surface area contributed by atoms with Crippen molar-refractivity contribution in [2.75, 3.05) is 23.2 Å². The number of benzene rings is 1. The van der Waals surface area contributed by atoms with Gasteiger partial charge in [0.2, 0.25) is 10.0 Å². The Morgan fingerprint density at radius 2 is 2.14 bits per heavy atom. The molecule has 1 aromatic rings. The van der Waals surface area contributed by atoms with Crippen molar-refractivity contribution in [3.05, 3.63) is 39.9 Å². The van der Waals surface area contributed by atoms with E-state index >= 15 is 0 Å². The summed E-state index contributed by atoms with van der Waals surface area (Å²) in [5, 5.41) is 13.8. The number of hydrogen-bond donors (Lipinski definition) is 2. The van der Waals surface area contributed by atoms with E-state index in [1.54, 1.807) is 13.0 Å². The number of allylic oxidation sites excluding steroid dienone is 2. The van der Waals surface area contributed by atoms with Crippen molar-refractivity contribution in [1.29, 1.82) is 0 Å². The molecule has 1 aromatic carbocycles. The van der Waals surface area contributed by atoms with Gasteiger partial charge >= 0.3 is 0 Å². The highest BCUT2D eigenvalue weighted by Crippen LogP contribution is 2.29. The van der Waals surface area contributed by atoms with Gasteiger partial charge in [0.25, 0.3) is 5.91 Å². The first-order chi connectivity index (χ1) is 13.5. The maximum Gasteiger partial charge on any atom is 0.253 e. The van der Waals surface area contributed by atoms with Crippen molar-refractivity contribution < 1.29 is 18.3 Å². The van der Waals surface area contributed by atoms with Crippen LogP contribution in [0.5, 0.6) is 0 Å². The molecule has 1 fully saturated rings. The molecular weight excluding hydrogens is 435 g/mol. The van der Waals surface area contributed by atoms with Crippen LogP contribution in [0.25, 0.3) is 0 Å². The van der Waals surface area contributed by atoms with Crippen LogP contribution in [0.15, 0.2) is 29.3 Å². The highest BCUT2D eigenvalue weighted by atomic mass is 35.5. The van der Waals surface area contributed by atoms with Gasteiger partial charge in [-0.15, -0.1) is 0 Å². The minimum Gasteiger partial charge on any atom is -0.394 e. The Hall–Kier alpha value is -1.28. The summed E-state index contributed by atoms with van der Waals surface area (Å²) in [5.74, 6) is -0.481. The number of carbonyl (C=O) groups is 1. The van der Waals surface area contributed by atoms with Gasteiger partial charge in [-0.3, -0.25) is 9.10 Å². The van der Waals surface area contributed by atoms with Crippen molar-refractivity contribution in [3.8, 4) is 0 Å². The topological polar surface area (TPSA) is 86.7 Å². The second kappa shape index (κ2) is 9.69. The Morgan fingerprint density at radius 3 is 2.69 bits per heavy atom. The summed E-state index contributed by atoms with van der Waals surface area (Å²) in [5.41, 5.74) is -0.328. The third kappa shape index (κ3) is 5.66. The maximum absolute atomic E-state index is 13.0. The number of halogens is 2. The highest BCUT2D eigenvalue weighted by Gasteiger charge is 2.33. The van der Waals surface area contributed by atoms with Crippen molar-refractivity contribution >= 4 is 44.8 Å². The van der Waals surface area contributed by atoms with Gasteiger partial charge in [-0.05, 0) is 50.3 Å². The van der Waals surface area contributed by atoms with Crippen molar-refractivity contribution in [2.24, 2.45) is 5.92 Å². The molecule has 9 heteroatoms. The quantitative estimate of drug-likeness (QED) is 0.612. The Labute approximate surface area is 182 Å². The van der Waals surface area contributed by atoms with E-state index in [0.29, 0.717) is 25.1 Å². The lowest BCUT2D eigenvalue weighted by atomic mass is 9.84. The predicted octanol–water partition coefficient (Wildman–Crippen LogP) is 3.92. The van der Waals surface area contributed by atoms with Gasteiger partial charge in [0.05, 0.1) is 34.2 Å². The van der Waals surface area contributed by atoms with Crippen LogP contribution in [0.3, 0.4) is 0 Å². The third-order valence-corrected chi connectivity index (χ3v) is 8.05. The molecule has 0 bridgehead atoms. The molecule has 1 aliphatic heterocycles. The number of sulfonamides is 1. The molecule has 1 saturated heterocycles. The molecule has 0 spiro atoms. The van der Waals surface area contributed by atoms with E-state index < -0.39 is 21.5 Å². The number of amides is 1. The van der Waals surface area contributed by atoms with Crippen LogP contribution in [0.4, 0.5) is 5.69 Å². The fourth-order valence-corrected chi connectivity index (χ4v) is 4.98. The first-order valence-electron chi connectivity index (χ1n) is 9.62. The van der Waals surface area contributed by atoms with Crippen molar-refractivity contribution in [1.82, 2.24) is 5.32 Å². The van der Waals surface area contributed by atoms with E-state index in [9.17, 15) is 18.3 Å². The van der Waals surface area contributed by atoms with Gasteiger partial charge in [0.15, 0.2) is 0 Å². The lowest BCUT2D eigenvalue weighted by Gasteiger charge is -2.35. The molecule has 1 heterocycles. The molecule has 0 aliphatic carbocycles. The van der Waals surface area contributed by atoms with Crippen molar-refractivity contribution in [3.63, 3.8) is 0 Å². The molecule has 1 aliphatic rings. The van der Waals surface area contributed by atoms with Gasteiger partial charge in [0.1, 0.15) is 0 Å². The highest BCUT2D eigenvalue weighted by molar-refractivity contribution is 7.93. The van der Waals surface area contributed by atoms with Crippen LogP contribution >= 0.6 is 23.2 Å². The average molecular weight is 463 g/mol. The zero-order valence-corrected chi connectivity index (χ0v) is 19.2. The molecule has 2 atom stereocenters. The molecule has 2 N–H and O–H groups in total. The molecule has 1 unspecified atom stereocenters. The number of aliphatic hydroxyl groups is 1. The molecule has 0 aromatic heterocycles. The maximum atomic E-state index is 13.0. The molecule has 6 nitrogen and oxygen atoms in total. The molecule has 2 rings (SSSR count). The van der Waals surface area contributed by atoms with Crippen LogP contribution in [0.1, 0.15) is 50.4 Å². The molecule has 1 amide bonds. The summed E-state index contributed by atoms with van der Waals surface area (Å²) in [6.07, 6.45) is 3.74. The van der Waals surface area contributed by atoms with Gasteiger partial charge in [-0.25, -0.2) is 8.42 Å². The van der Waals surface area contributed by atoms with Gasteiger partial charge in [0, 0.05) is 11.6 Å². The second-order valence-electron chi connectivity index (χ2n) is 7.58. The molecule has 0 radical (unpaired) electrons. The molecular formula is C20H28Cl2N2O4S. The zero-order chi connectivity index (χ0) is 21.8. The summed E-state index contributed by atoms with van der Waals surface area (Å²) in [7, 11) is -3.37. The van der Waals surface area contributed by atoms with Crippen LogP contribution in [0, 0.1) is 5.92 Å². The summed E-state index contributed by atoms with van der Waals surface area (Å²) in [4.78, 5) is 13.0. The van der Waals surface area contributed by atoms with Gasteiger partial charge in [-0.2, -0.15) is 0 Å². The van der Waals surface area contributed by atoms with E-state index in [1.165, 1.54) is 16.4 Å². The first-order valence-corrected chi connectivity index (χ1v) is 12.0. The normalized spacial score (nSPS) is 19.7. The van der Waals surface area contributed by atoms with E-state index in [0.717, 1.165) is 11.5 Å². The molecule has 0 saturated carbocycles. The summed E-state index contributed by atoms with van der Waals surface area (Å²) < 4.78 is 25.7. The van der Waals surface area contributed by atoms with E-state index in [2.05, 4.69) is 5.32 Å². The fourth-order valence-electron chi connectivity index (χ4n) is 3.13. The third-order valence-electron chi connectivity index (χ3n) is 5.43. The van der Waals surface area contributed by atoms with Gasteiger partial charge < -0.3 is 10.4 Å². The van der Waals surface area contributed by atoms with E-state index in [1.807, 2.05) is 19.9 Å². The fraction of sp³-hybridized carbons (Fsp3) is 0.550. The standard InChI is InChI=1S/C20H28Cl2N2O4S/c1-4-15(21)7-6-14(2)20(3,13-25)23-19(26)17-12-16(8-9-18(17)22)24-10-5-11-29(24,27)28/h7-9,12,14,25H,4-6,10-11,13H2,1-3H3,(H,23,26)/b15-7+/t14-,20?/m0/s1. The Morgan fingerprint density at radius 1 is 1.45 bits per heavy atom. The summed E-state index contributed by atoms with van der Waals surface area (Å²) >= 11 is 12.3. The Bertz CT molecular complexity index is 888. The SMILES string of the molecule is CC/C(Cl)=C\C[C@H](C)C(C)(CO)NC(=O)c1cc(N2CCCS2(=O)=O)ccc1Cl. The number of aliphatic hydroxyl groups excluding tert-OH is 1. The Balaban J connectivity index is 2.25. The number of hydrogen-bond acceptors (Lipinski definition) is 4. The summed E-state index contributed by atoms with van der Waals surface area (Å²) in [6.45, 7) is 5.73. The predicted molar refractivity (Wildman–Crippen MR) is 118 cm³/mol. The Kier molecular flexibility index (Phi) is 8.01. The summed E-state index contributed by atoms with van der Waals surface area (Å²) in [6, 6.07) is 4.59. The second-order valence-corrected chi connectivity index (χ2v) is 10.5. The number of anilines is 1. The lowest BCUT2D eigenvalue weighted by Crippen LogP contribution is -2.53. The lowest BCUT2D eigenvalue weighted by molar-refractivity contribution is 0.0769. The van der Waals surface area contributed by atoms with Crippen molar-refractivity contribution in [2.45, 2.75) is 45.6 Å². The van der Waals surface area contributed by atoms with E-state index in [-0.39, 0.29) is 28.9 Å². The van der Waals surface area contributed by atoms with Crippen LogP contribution in [-0.4, -0.2) is 43.9 Å². The van der Waals surface area contributed by atoms with Crippen LogP contribution < -0.4 is 9.62 Å². The van der Waals surface area contributed by atoms with Crippen LogP contribution in [0.2, 0.25) is 5.02 Å². The zero-order valence-electron chi connectivity index (χ0n) is 16.9. The average Bonchev–Trinajstić information content (AvgIpc) is 3.04. The number of nitrogens with zero attached hydrogens (tertiary/aromatic N) is 1. The first kappa shape index (κ1) is 24.0. The number of carbonyl (C=O) groups excluding carboxylic acids is 1. The number of nitrogens with one attached hydrogen (secondary N) is 1. The molecule has 162 valence electrons. The largest absolute Gasteiger partial charge is 0.394 e. The number of rotatable bonds is 8. The van der Waals surface area contributed by atoms with Gasteiger partial charge in [-0.1, -0.05) is 43.1 Å². The molecule has 29 heavy (non-hydrogen) atoms. The smallest absolute Gasteiger partial charge is 0.253 e. The van der Waals surface area contributed by atoms with Crippen LogP contribution in [-0.2, 0) is 10.0 Å².